The van der Waals surface area contributed by atoms with Crippen LogP contribution >= 0.6 is 15.9 Å². The van der Waals surface area contributed by atoms with Gasteiger partial charge in [0, 0.05) is 10.0 Å². The van der Waals surface area contributed by atoms with Crippen molar-refractivity contribution in [1.82, 2.24) is 0 Å². The maximum Gasteiger partial charge on any atom is 0.147 e. The quantitative estimate of drug-likeness (QED) is 0.841. The molecule has 3 rings (SSSR count). The van der Waals surface area contributed by atoms with E-state index in [1.165, 1.54) is 6.07 Å². The van der Waals surface area contributed by atoms with Crippen LogP contribution in [-0.4, -0.2) is 5.60 Å². The molecule has 0 amide bonds. The van der Waals surface area contributed by atoms with Gasteiger partial charge >= 0.3 is 0 Å². The summed E-state index contributed by atoms with van der Waals surface area (Å²) in [5, 5.41) is 3.28. The molecule has 0 bridgehead atoms. The van der Waals surface area contributed by atoms with Gasteiger partial charge in [-0.3, -0.25) is 0 Å². The molecule has 1 unspecified atom stereocenters. The molecule has 2 aromatic rings. The average Bonchev–Trinajstić information content (AvgIpc) is 2.64. The van der Waals surface area contributed by atoms with Gasteiger partial charge in [-0.05, 0) is 48.0 Å². The number of hydrogen-bond acceptors (Lipinski definition) is 2. The van der Waals surface area contributed by atoms with Crippen LogP contribution in [0.2, 0.25) is 0 Å². The Balaban J connectivity index is 2.02. The number of benzene rings is 2. The highest BCUT2D eigenvalue weighted by molar-refractivity contribution is 9.10. The minimum absolute atomic E-state index is 0.105. The highest BCUT2D eigenvalue weighted by atomic mass is 79.9. The minimum Gasteiger partial charge on any atom is -0.485 e. The number of nitrogens with one attached hydrogen (secondary N) is 1. The molecule has 0 fully saturated rings. The molecule has 1 N–H and O–H groups in total. The molecule has 104 valence electrons. The minimum atomic E-state index is -0.439. The number of ether oxygens (including phenoxy) is 1. The Morgan fingerprint density at radius 3 is 2.65 bits per heavy atom. The van der Waals surface area contributed by atoms with Gasteiger partial charge in [0.1, 0.15) is 17.2 Å². The van der Waals surface area contributed by atoms with E-state index < -0.39 is 5.60 Å². The van der Waals surface area contributed by atoms with Gasteiger partial charge in [-0.1, -0.05) is 24.3 Å². The Kier molecular flexibility index (Phi) is 3.21. The van der Waals surface area contributed by atoms with Crippen LogP contribution < -0.4 is 10.1 Å². The molecular weight excluding hydrogens is 321 g/mol. The van der Waals surface area contributed by atoms with Crippen molar-refractivity contribution < 1.29 is 9.13 Å². The van der Waals surface area contributed by atoms with Crippen LogP contribution in [0.4, 0.5) is 10.1 Å². The van der Waals surface area contributed by atoms with E-state index in [-0.39, 0.29) is 11.9 Å². The van der Waals surface area contributed by atoms with Crippen molar-refractivity contribution in [3.8, 4) is 5.75 Å². The predicted molar refractivity (Wildman–Crippen MR) is 81.6 cm³/mol. The smallest absolute Gasteiger partial charge is 0.147 e. The molecule has 0 aromatic heterocycles. The van der Waals surface area contributed by atoms with Crippen LogP contribution in [0.25, 0.3) is 0 Å². The second-order valence-corrected chi connectivity index (χ2v) is 6.27. The standard InChI is InChI=1S/C16H15BrFNO/c1-16(2)15(10-6-3-4-9-13(10)20-16)19-14-11(17)7-5-8-12(14)18/h3-9,15,19H,1-2H3. The van der Waals surface area contributed by atoms with E-state index in [0.717, 1.165) is 11.3 Å². The summed E-state index contributed by atoms with van der Waals surface area (Å²) in [5.74, 6) is 0.571. The van der Waals surface area contributed by atoms with Gasteiger partial charge in [0.2, 0.25) is 0 Å². The molecule has 0 spiro atoms. The van der Waals surface area contributed by atoms with Crippen molar-refractivity contribution in [3.05, 3.63) is 58.3 Å². The van der Waals surface area contributed by atoms with E-state index in [1.54, 1.807) is 6.07 Å². The van der Waals surface area contributed by atoms with Gasteiger partial charge in [0.15, 0.2) is 0 Å². The van der Waals surface area contributed by atoms with Crippen molar-refractivity contribution in [3.63, 3.8) is 0 Å². The van der Waals surface area contributed by atoms with Crippen LogP contribution in [-0.2, 0) is 0 Å². The van der Waals surface area contributed by atoms with Crippen LogP contribution in [0.1, 0.15) is 25.5 Å². The number of fused-ring (bicyclic) bond motifs is 1. The molecule has 1 aliphatic rings. The summed E-state index contributed by atoms with van der Waals surface area (Å²) in [5.41, 5.74) is 1.07. The Labute approximate surface area is 126 Å². The number of anilines is 1. The van der Waals surface area contributed by atoms with Crippen molar-refractivity contribution in [2.75, 3.05) is 5.32 Å². The second-order valence-electron chi connectivity index (χ2n) is 5.42. The molecular formula is C16H15BrFNO. The van der Waals surface area contributed by atoms with E-state index in [9.17, 15) is 4.39 Å². The summed E-state index contributed by atoms with van der Waals surface area (Å²) in [6.45, 7) is 4.00. The van der Waals surface area contributed by atoms with Gasteiger partial charge in [-0.15, -0.1) is 0 Å². The van der Waals surface area contributed by atoms with E-state index in [2.05, 4.69) is 21.2 Å². The Morgan fingerprint density at radius 2 is 1.90 bits per heavy atom. The van der Waals surface area contributed by atoms with Crippen molar-refractivity contribution in [1.29, 1.82) is 0 Å². The summed E-state index contributed by atoms with van der Waals surface area (Å²) in [4.78, 5) is 0. The molecule has 2 aromatic carbocycles. The Morgan fingerprint density at radius 1 is 1.15 bits per heavy atom. The summed E-state index contributed by atoms with van der Waals surface area (Å²) in [6.07, 6.45) is 0. The van der Waals surface area contributed by atoms with Crippen molar-refractivity contribution in [2.45, 2.75) is 25.5 Å². The zero-order valence-corrected chi connectivity index (χ0v) is 12.9. The van der Waals surface area contributed by atoms with Gasteiger partial charge in [-0.2, -0.15) is 0 Å². The van der Waals surface area contributed by atoms with E-state index in [4.69, 9.17) is 4.74 Å². The maximum absolute atomic E-state index is 14.0. The highest BCUT2D eigenvalue weighted by Crippen LogP contribution is 2.45. The van der Waals surface area contributed by atoms with Gasteiger partial charge in [0.25, 0.3) is 0 Å². The van der Waals surface area contributed by atoms with E-state index in [0.29, 0.717) is 10.2 Å². The first-order chi connectivity index (χ1) is 9.49. The highest BCUT2D eigenvalue weighted by Gasteiger charge is 2.41. The summed E-state index contributed by atoms with van der Waals surface area (Å²) < 4.78 is 20.7. The monoisotopic (exact) mass is 335 g/mol. The zero-order valence-electron chi connectivity index (χ0n) is 11.3. The summed E-state index contributed by atoms with van der Waals surface area (Å²) >= 11 is 3.39. The average molecular weight is 336 g/mol. The largest absolute Gasteiger partial charge is 0.485 e. The zero-order chi connectivity index (χ0) is 14.3. The van der Waals surface area contributed by atoms with Crippen LogP contribution in [0, 0.1) is 5.82 Å². The molecule has 0 aliphatic carbocycles. The predicted octanol–water partition coefficient (Wildman–Crippen LogP) is 4.91. The molecule has 0 saturated heterocycles. The summed E-state index contributed by atoms with van der Waals surface area (Å²) in [6, 6.07) is 12.7. The molecule has 0 saturated carbocycles. The van der Waals surface area contributed by atoms with Crippen molar-refractivity contribution in [2.24, 2.45) is 0 Å². The second kappa shape index (κ2) is 4.77. The molecule has 4 heteroatoms. The number of para-hydroxylation sites is 2. The molecule has 1 atom stereocenters. The Hall–Kier alpha value is -1.55. The Bertz CT molecular complexity index is 636. The third kappa shape index (κ3) is 2.18. The molecule has 2 nitrogen and oxygen atoms in total. The first kappa shape index (κ1) is 13.4. The van der Waals surface area contributed by atoms with Crippen LogP contribution in [0.15, 0.2) is 46.9 Å². The summed E-state index contributed by atoms with van der Waals surface area (Å²) in [7, 11) is 0. The van der Waals surface area contributed by atoms with Gasteiger partial charge in [0.05, 0.1) is 11.7 Å². The molecule has 1 heterocycles. The normalized spacial score (nSPS) is 19.3. The SMILES string of the molecule is CC1(C)Oc2ccccc2C1Nc1c(F)cccc1Br. The van der Waals surface area contributed by atoms with Crippen molar-refractivity contribution >= 4 is 21.6 Å². The fraction of sp³-hybridized carbons (Fsp3) is 0.250. The number of rotatable bonds is 2. The van der Waals surface area contributed by atoms with E-state index in [1.807, 2.05) is 44.2 Å². The van der Waals surface area contributed by atoms with Gasteiger partial charge < -0.3 is 10.1 Å². The van der Waals surface area contributed by atoms with Crippen LogP contribution in [0.3, 0.4) is 0 Å². The fourth-order valence-corrected chi connectivity index (χ4v) is 3.02. The number of halogens is 2. The number of hydrogen-bond donors (Lipinski definition) is 1. The third-order valence-electron chi connectivity index (χ3n) is 3.55. The lowest BCUT2D eigenvalue weighted by molar-refractivity contribution is 0.118. The van der Waals surface area contributed by atoms with Crippen LogP contribution in [0.5, 0.6) is 5.75 Å². The first-order valence-corrected chi connectivity index (χ1v) is 7.27. The lowest BCUT2D eigenvalue weighted by Gasteiger charge is -2.28. The molecule has 0 radical (unpaired) electrons. The lowest BCUT2D eigenvalue weighted by atomic mass is 9.94. The first-order valence-electron chi connectivity index (χ1n) is 6.47. The lowest BCUT2D eigenvalue weighted by Crippen LogP contribution is -2.35. The fourth-order valence-electron chi connectivity index (χ4n) is 2.56. The molecule has 20 heavy (non-hydrogen) atoms. The molecule has 1 aliphatic heterocycles. The van der Waals surface area contributed by atoms with Gasteiger partial charge in [-0.25, -0.2) is 4.39 Å². The third-order valence-corrected chi connectivity index (χ3v) is 4.21. The maximum atomic E-state index is 14.0. The topological polar surface area (TPSA) is 21.3 Å². The van der Waals surface area contributed by atoms with E-state index >= 15 is 0 Å².